The number of nitrogens with zero attached hydrogens (tertiary/aromatic N) is 2. The van der Waals surface area contributed by atoms with Crippen LogP contribution in [0.25, 0.3) is 0 Å². The number of fused-ring (bicyclic) bond motifs is 1. The normalized spacial score (nSPS) is 17.0. The summed E-state index contributed by atoms with van der Waals surface area (Å²) in [6.07, 6.45) is -3.41. The smallest absolute Gasteiger partial charge is 0.381 e. The van der Waals surface area contributed by atoms with Crippen molar-refractivity contribution in [3.05, 3.63) is 53.3 Å². The fourth-order valence-electron chi connectivity index (χ4n) is 3.76. The van der Waals surface area contributed by atoms with Crippen LogP contribution in [0, 0.1) is 5.82 Å². The van der Waals surface area contributed by atoms with Gasteiger partial charge in [0.1, 0.15) is 11.7 Å². The van der Waals surface area contributed by atoms with E-state index in [1.807, 2.05) is 20.8 Å². The number of carbonyl (C=O) groups is 1. The summed E-state index contributed by atoms with van der Waals surface area (Å²) >= 11 is 0. The Labute approximate surface area is 184 Å². The van der Waals surface area contributed by atoms with E-state index in [0.717, 1.165) is 19.2 Å². The van der Waals surface area contributed by atoms with E-state index < -0.39 is 29.4 Å². The van der Waals surface area contributed by atoms with E-state index in [-0.39, 0.29) is 23.0 Å². The van der Waals surface area contributed by atoms with Crippen molar-refractivity contribution in [2.24, 2.45) is 4.99 Å². The van der Waals surface area contributed by atoms with Gasteiger partial charge >= 0.3 is 6.18 Å². The highest BCUT2D eigenvalue weighted by Gasteiger charge is 2.35. The molecule has 0 fully saturated rings. The Morgan fingerprint density at radius 1 is 1.22 bits per heavy atom. The molecule has 2 aromatic rings. The quantitative estimate of drug-likeness (QED) is 0.417. The van der Waals surface area contributed by atoms with Crippen LogP contribution in [0.2, 0.25) is 0 Å². The summed E-state index contributed by atoms with van der Waals surface area (Å²) in [5, 5.41) is 5.49. The van der Waals surface area contributed by atoms with Crippen LogP contribution < -0.4 is 10.6 Å². The zero-order valence-electron chi connectivity index (χ0n) is 18.1. The Hall–Kier alpha value is -2.94. The Kier molecular flexibility index (Phi) is 7.18. The predicted octanol–water partition coefficient (Wildman–Crippen LogP) is 5.42. The number of alkyl halides is 3. The number of carbonyl (C=O) groups excluding carboxylic acids is 1. The molecule has 172 valence electrons. The van der Waals surface area contributed by atoms with Gasteiger partial charge in [-0.25, -0.2) is 4.39 Å². The average molecular weight is 450 g/mol. The van der Waals surface area contributed by atoms with Crippen LogP contribution in [0.4, 0.5) is 34.6 Å². The van der Waals surface area contributed by atoms with Crippen LogP contribution in [-0.2, 0) is 11.0 Å². The third kappa shape index (κ3) is 5.27. The lowest BCUT2D eigenvalue weighted by Crippen LogP contribution is -2.35. The van der Waals surface area contributed by atoms with Gasteiger partial charge in [-0.1, -0.05) is 19.9 Å². The van der Waals surface area contributed by atoms with Gasteiger partial charge < -0.3 is 15.5 Å². The van der Waals surface area contributed by atoms with Gasteiger partial charge in [-0.2, -0.15) is 13.2 Å². The lowest BCUT2D eigenvalue weighted by Gasteiger charge is -2.25. The second kappa shape index (κ2) is 9.68. The number of likely N-dealkylation sites (N-methyl/N-ethyl adjacent to an activating group) is 1. The molecule has 0 aromatic heterocycles. The van der Waals surface area contributed by atoms with Crippen LogP contribution in [-0.4, -0.2) is 42.7 Å². The van der Waals surface area contributed by atoms with Crippen molar-refractivity contribution in [2.45, 2.75) is 38.9 Å². The van der Waals surface area contributed by atoms with Crippen molar-refractivity contribution in [1.29, 1.82) is 0 Å². The summed E-state index contributed by atoms with van der Waals surface area (Å²) in [4.78, 5) is 18.4. The molecule has 1 aliphatic rings. The molecule has 0 radical (unpaired) electrons. The zero-order valence-corrected chi connectivity index (χ0v) is 18.1. The molecule has 2 unspecified atom stereocenters. The fraction of sp³-hybridized carbons (Fsp3) is 0.391. The minimum atomic E-state index is -4.59. The van der Waals surface area contributed by atoms with Crippen LogP contribution >= 0.6 is 0 Å². The minimum absolute atomic E-state index is 0.0249. The molecule has 9 heteroatoms. The first-order valence-electron chi connectivity index (χ1n) is 10.5. The number of halogens is 4. The van der Waals surface area contributed by atoms with Gasteiger partial charge in [0.15, 0.2) is 0 Å². The van der Waals surface area contributed by atoms with Gasteiger partial charge in [0.05, 0.1) is 11.3 Å². The lowest BCUT2D eigenvalue weighted by molar-refractivity contribution is -0.137. The van der Waals surface area contributed by atoms with E-state index in [1.54, 1.807) is 6.07 Å². The molecular weight excluding hydrogens is 424 g/mol. The fourth-order valence-corrected chi connectivity index (χ4v) is 3.76. The molecule has 1 amide bonds. The summed E-state index contributed by atoms with van der Waals surface area (Å²) in [6.45, 7) is 8.04. The van der Waals surface area contributed by atoms with Crippen LogP contribution in [0.1, 0.15) is 37.8 Å². The van der Waals surface area contributed by atoms with E-state index in [0.29, 0.717) is 12.2 Å². The zero-order chi connectivity index (χ0) is 23.5. The van der Waals surface area contributed by atoms with Crippen molar-refractivity contribution < 1.29 is 22.4 Å². The summed E-state index contributed by atoms with van der Waals surface area (Å²) in [6, 6.07) is 7.75. The molecular formula is C23H26F4N4O. The SMILES string of the molecule is CCN(CC)CC(C)Nc1ccc(N=CC2C(=O)Nc3cccc(F)c32)cc1C(F)(F)F. The largest absolute Gasteiger partial charge is 0.418 e. The molecule has 3 rings (SSSR count). The predicted molar refractivity (Wildman–Crippen MR) is 118 cm³/mol. The average Bonchev–Trinajstić information content (AvgIpc) is 3.06. The molecule has 2 N–H and O–H groups in total. The first kappa shape index (κ1) is 23.7. The monoisotopic (exact) mass is 450 g/mol. The van der Waals surface area contributed by atoms with Crippen LogP contribution in [0.15, 0.2) is 41.4 Å². The molecule has 5 nitrogen and oxygen atoms in total. The molecule has 0 bridgehead atoms. The topological polar surface area (TPSA) is 56.7 Å². The second-order valence-corrected chi connectivity index (χ2v) is 7.71. The number of benzene rings is 2. The van der Waals surface area contributed by atoms with Crippen LogP contribution in [0.5, 0.6) is 0 Å². The molecule has 0 aliphatic carbocycles. The number of hydrogen-bond acceptors (Lipinski definition) is 4. The van der Waals surface area contributed by atoms with Gasteiger partial charge in [0.2, 0.25) is 5.91 Å². The number of rotatable bonds is 8. The van der Waals surface area contributed by atoms with Gasteiger partial charge in [-0.3, -0.25) is 9.79 Å². The Balaban J connectivity index is 1.84. The summed E-state index contributed by atoms with van der Waals surface area (Å²) in [7, 11) is 0. The summed E-state index contributed by atoms with van der Waals surface area (Å²) < 4.78 is 55.3. The molecule has 32 heavy (non-hydrogen) atoms. The first-order valence-corrected chi connectivity index (χ1v) is 10.5. The molecule has 0 saturated heterocycles. The third-order valence-corrected chi connectivity index (χ3v) is 5.41. The van der Waals surface area contributed by atoms with Gasteiger partial charge in [0, 0.05) is 35.7 Å². The highest BCUT2D eigenvalue weighted by molar-refractivity contribution is 6.12. The Morgan fingerprint density at radius 2 is 1.94 bits per heavy atom. The third-order valence-electron chi connectivity index (χ3n) is 5.41. The molecule has 2 atom stereocenters. The summed E-state index contributed by atoms with van der Waals surface area (Å²) in [5.74, 6) is -2.06. The van der Waals surface area contributed by atoms with E-state index in [4.69, 9.17) is 0 Å². The number of anilines is 2. The number of hydrogen-bond donors (Lipinski definition) is 2. The van der Waals surface area contributed by atoms with Gasteiger partial charge in [-0.05, 0) is 50.3 Å². The number of aliphatic imine (C=N–C) groups is 1. The highest BCUT2D eigenvalue weighted by Crippen LogP contribution is 2.38. The minimum Gasteiger partial charge on any atom is -0.381 e. The van der Waals surface area contributed by atoms with Crippen molar-refractivity contribution in [2.75, 3.05) is 30.3 Å². The van der Waals surface area contributed by atoms with Gasteiger partial charge in [-0.15, -0.1) is 0 Å². The maximum absolute atomic E-state index is 14.2. The number of nitrogens with one attached hydrogen (secondary N) is 2. The molecule has 0 spiro atoms. The van der Waals surface area contributed by atoms with Crippen LogP contribution in [0.3, 0.4) is 0 Å². The molecule has 2 aromatic carbocycles. The second-order valence-electron chi connectivity index (χ2n) is 7.71. The summed E-state index contributed by atoms with van der Waals surface area (Å²) in [5.41, 5.74) is -0.381. The van der Waals surface area contributed by atoms with Crippen molar-refractivity contribution >= 4 is 29.2 Å². The van der Waals surface area contributed by atoms with E-state index in [9.17, 15) is 22.4 Å². The number of amides is 1. The van der Waals surface area contributed by atoms with Crippen molar-refractivity contribution in [3.8, 4) is 0 Å². The van der Waals surface area contributed by atoms with Gasteiger partial charge in [0.25, 0.3) is 0 Å². The molecule has 0 saturated carbocycles. The van der Waals surface area contributed by atoms with Crippen molar-refractivity contribution in [3.63, 3.8) is 0 Å². The van der Waals surface area contributed by atoms with E-state index >= 15 is 0 Å². The maximum atomic E-state index is 14.2. The maximum Gasteiger partial charge on any atom is 0.418 e. The van der Waals surface area contributed by atoms with E-state index in [1.165, 1.54) is 30.5 Å². The lowest BCUT2D eigenvalue weighted by atomic mass is 10.0. The standard InChI is InChI=1S/C23H26F4N4O/c1-4-31(5-2)13-14(3)29-19-10-9-15(11-17(19)23(25,26)27)28-12-16-21-18(24)7-6-8-20(21)30-22(16)32/h6-12,14,16,29H,4-5,13H2,1-3H3,(H,30,32). The first-order chi connectivity index (χ1) is 15.1. The Morgan fingerprint density at radius 3 is 2.59 bits per heavy atom. The highest BCUT2D eigenvalue weighted by atomic mass is 19.4. The molecule has 1 heterocycles. The Bertz CT molecular complexity index is 1000. The van der Waals surface area contributed by atoms with E-state index in [2.05, 4.69) is 20.5 Å². The molecule has 1 aliphatic heterocycles. The van der Waals surface area contributed by atoms with Crippen molar-refractivity contribution in [1.82, 2.24) is 4.90 Å².